The van der Waals surface area contributed by atoms with Crippen LogP contribution in [0, 0.1) is 5.82 Å². The highest BCUT2D eigenvalue weighted by Gasteiger charge is 2.38. The lowest BCUT2D eigenvalue weighted by Crippen LogP contribution is -2.35. The Morgan fingerprint density at radius 2 is 1.54 bits per heavy atom. The highest BCUT2D eigenvalue weighted by atomic mass is 19.1. The summed E-state index contributed by atoms with van der Waals surface area (Å²) in [4.78, 5) is 15.1. The third-order valence-electron chi connectivity index (χ3n) is 6.53. The van der Waals surface area contributed by atoms with E-state index < -0.39 is 24.0 Å². The molecular weight excluding hydrogens is 509 g/mol. The Morgan fingerprint density at radius 3 is 2.10 bits per heavy atom. The second-order valence-electron chi connectivity index (χ2n) is 9.01. The molecular formula is C29H32FNO8. The van der Waals surface area contributed by atoms with Gasteiger partial charge in [0.1, 0.15) is 29.2 Å². The molecule has 9 nitrogen and oxygen atoms in total. The maximum atomic E-state index is 14.0. The zero-order valence-electron chi connectivity index (χ0n) is 23.0. The Bertz CT molecular complexity index is 1330. The highest BCUT2D eigenvalue weighted by Crippen LogP contribution is 2.47. The van der Waals surface area contributed by atoms with E-state index >= 15 is 0 Å². The number of carbonyl (C=O) groups is 1. The highest BCUT2D eigenvalue weighted by molar-refractivity contribution is 5.96. The number of rotatable bonds is 9. The standard InChI is InChI=1S/C29H32FNO8/c1-31(2)21-12-17(30)8-9-19(21)29(32)39-26-15-20-22(34-4)13-18(33-3)14-23(20)38-27(26)16-10-24(35-5)28(37-7)25(11-16)36-6/h8-14,26-27H,15H2,1-7H3. The maximum Gasteiger partial charge on any atom is 0.340 e. The SMILES string of the molecule is COc1cc(OC)c2c(c1)OC(c1cc(OC)c(OC)c(OC)c1)C(OC(=O)c1ccc(F)cc1N(C)C)C2. The average Bonchev–Trinajstić information content (AvgIpc) is 2.95. The van der Waals surface area contributed by atoms with E-state index in [1.165, 1.54) is 39.5 Å². The van der Waals surface area contributed by atoms with Crippen molar-refractivity contribution in [1.82, 2.24) is 0 Å². The molecule has 0 radical (unpaired) electrons. The van der Waals surface area contributed by atoms with Crippen LogP contribution in [0.15, 0.2) is 42.5 Å². The Morgan fingerprint density at radius 1 is 0.872 bits per heavy atom. The lowest BCUT2D eigenvalue weighted by molar-refractivity contribution is -0.0188. The van der Waals surface area contributed by atoms with Crippen molar-refractivity contribution in [3.63, 3.8) is 0 Å². The molecule has 1 aliphatic heterocycles. The van der Waals surface area contributed by atoms with E-state index in [1.54, 1.807) is 57.5 Å². The molecule has 208 valence electrons. The molecule has 0 fully saturated rings. The summed E-state index contributed by atoms with van der Waals surface area (Å²) in [5.41, 5.74) is 1.95. The van der Waals surface area contributed by atoms with Crippen molar-refractivity contribution in [2.45, 2.75) is 18.6 Å². The van der Waals surface area contributed by atoms with Crippen molar-refractivity contribution < 1.29 is 42.3 Å². The van der Waals surface area contributed by atoms with Gasteiger partial charge >= 0.3 is 5.97 Å². The van der Waals surface area contributed by atoms with E-state index in [4.69, 9.17) is 33.2 Å². The number of anilines is 1. The van der Waals surface area contributed by atoms with Crippen LogP contribution in [0.1, 0.15) is 27.6 Å². The molecule has 2 unspecified atom stereocenters. The van der Waals surface area contributed by atoms with Crippen LogP contribution in [-0.2, 0) is 11.2 Å². The number of hydrogen-bond donors (Lipinski definition) is 0. The third kappa shape index (κ3) is 5.45. The van der Waals surface area contributed by atoms with E-state index in [1.807, 2.05) is 0 Å². The smallest absolute Gasteiger partial charge is 0.340 e. The molecule has 3 aromatic rings. The second kappa shape index (κ2) is 11.6. The normalized spacial score (nSPS) is 15.9. The summed E-state index contributed by atoms with van der Waals surface area (Å²) in [5, 5.41) is 0. The van der Waals surface area contributed by atoms with E-state index in [0.29, 0.717) is 51.3 Å². The minimum Gasteiger partial charge on any atom is -0.496 e. The van der Waals surface area contributed by atoms with Gasteiger partial charge in [-0.3, -0.25) is 0 Å². The number of ether oxygens (including phenoxy) is 7. The molecule has 1 heterocycles. The Balaban J connectivity index is 1.82. The second-order valence-corrected chi connectivity index (χ2v) is 9.01. The fourth-order valence-electron chi connectivity index (χ4n) is 4.62. The number of carbonyl (C=O) groups excluding carboxylic acids is 1. The van der Waals surface area contributed by atoms with E-state index in [-0.39, 0.29) is 12.0 Å². The summed E-state index contributed by atoms with van der Waals surface area (Å²) < 4.78 is 54.1. The summed E-state index contributed by atoms with van der Waals surface area (Å²) in [6.45, 7) is 0. The van der Waals surface area contributed by atoms with Crippen molar-refractivity contribution in [2.75, 3.05) is 54.5 Å². The molecule has 0 saturated carbocycles. The molecule has 0 N–H and O–H groups in total. The van der Waals surface area contributed by atoms with E-state index in [2.05, 4.69) is 0 Å². The van der Waals surface area contributed by atoms with E-state index in [9.17, 15) is 9.18 Å². The number of nitrogens with zero attached hydrogens (tertiary/aromatic N) is 1. The fourth-order valence-corrected chi connectivity index (χ4v) is 4.62. The van der Waals surface area contributed by atoms with Crippen LogP contribution in [0.2, 0.25) is 0 Å². The summed E-state index contributed by atoms with van der Waals surface area (Å²) in [5.74, 6) is 1.77. The fraction of sp³-hybridized carbons (Fsp3) is 0.345. The van der Waals surface area contributed by atoms with Crippen molar-refractivity contribution in [3.05, 3.63) is 65.0 Å². The predicted octanol–water partition coefficient (Wildman–Crippen LogP) is 4.84. The molecule has 0 bridgehead atoms. The van der Waals surface area contributed by atoms with E-state index in [0.717, 1.165) is 0 Å². The van der Waals surface area contributed by atoms with Crippen molar-refractivity contribution in [3.8, 4) is 34.5 Å². The van der Waals surface area contributed by atoms with Gasteiger partial charge in [0.2, 0.25) is 5.75 Å². The largest absolute Gasteiger partial charge is 0.496 e. The first kappa shape index (κ1) is 27.7. The summed E-state index contributed by atoms with van der Waals surface area (Å²) in [6.07, 6.45) is -1.29. The molecule has 3 aromatic carbocycles. The van der Waals surface area contributed by atoms with Gasteiger partial charge in [0, 0.05) is 43.8 Å². The van der Waals surface area contributed by atoms with Crippen LogP contribution in [-0.4, -0.2) is 61.7 Å². The lowest BCUT2D eigenvalue weighted by atomic mass is 9.93. The number of methoxy groups -OCH3 is 5. The third-order valence-corrected chi connectivity index (χ3v) is 6.53. The Labute approximate surface area is 226 Å². The van der Waals surface area contributed by atoms with Gasteiger partial charge in [-0.05, 0) is 30.3 Å². The molecule has 10 heteroatoms. The summed E-state index contributed by atoms with van der Waals surface area (Å²) in [7, 11) is 11.1. The predicted molar refractivity (Wildman–Crippen MR) is 143 cm³/mol. The Hall–Kier alpha value is -4.34. The summed E-state index contributed by atoms with van der Waals surface area (Å²) >= 11 is 0. The van der Waals surface area contributed by atoms with Crippen LogP contribution >= 0.6 is 0 Å². The molecule has 0 spiro atoms. The average molecular weight is 542 g/mol. The molecule has 0 saturated heterocycles. The summed E-state index contributed by atoms with van der Waals surface area (Å²) in [6, 6.07) is 10.9. The minimum absolute atomic E-state index is 0.220. The molecule has 0 amide bonds. The monoisotopic (exact) mass is 541 g/mol. The van der Waals surface area contributed by atoms with Gasteiger partial charge in [-0.15, -0.1) is 0 Å². The zero-order chi connectivity index (χ0) is 28.3. The van der Waals surface area contributed by atoms with Gasteiger partial charge in [-0.1, -0.05) is 0 Å². The van der Waals surface area contributed by atoms with Crippen molar-refractivity contribution in [2.24, 2.45) is 0 Å². The molecule has 39 heavy (non-hydrogen) atoms. The van der Waals surface area contributed by atoms with Gasteiger partial charge in [0.25, 0.3) is 0 Å². The number of fused-ring (bicyclic) bond motifs is 1. The Kier molecular flexibility index (Phi) is 8.23. The first-order valence-corrected chi connectivity index (χ1v) is 12.1. The van der Waals surface area contributed by atoms with Crippen molar-refractivity contribution >= 4 is 11.7 Å². The van der Waals surface area contributed by atoms with Crippen molar-refractivity contribution in [1.29, 1.82) is 0 Å². The molecule has 0 aromatic heterocycles. The van der Waals surface area contributed by atoms with Crippen LogP contribution in [0.5, 0.6) is 34.5 Å². The minimum atomic E-state index is -0.796. The van der Waals surface area contributed by atoms with Crippen LogP contribution in [0.4, 0.5) is 10.1 Å². The van der Waals surface area contributed by atoms with Gasteiger partial charge in [-0.2, -0.15) is 0 Å². The first-order valence-electron chi connectivity index (χ1n) is 12.1. The number of benzene rings is 3. The molecule has 2 atom stereocenters. The number of esters is 1. The van der Waals surface area contributed by atoms with Crippen LogP contribution in [0.25, 0.3) is 0 Å². The maximum absolute atomic E-state index is 14.0. The number of hydrogen-bond acceptors (Lipinski definition) is 9. The molecule has 4 rings (SSSR count). The van der Waals surface area contributed by atoms with Gasteiger partial charge in [0.15, 0.2) is 17.6 Å². The topological polar surface area (TPSA) is 84.9 Å². The van der Waals surface area contributed by atoms with Gasteiger partial charge in [-0.25, -0.2) is 9.18 Å². The van der Waals surface area contributed by atoms with Gasteiger partial charge < -0.3 is 38.1 Å². The first-order chi connectivity index (χ1) is 18.7. The quantitative estimate of drug-likeness (QED) is 0.354. The lowest BCUT2D eigenvalue weighted by Gasteiger charge is -2.35. The molecule has 1 aliphatic rings. The van der Waals surface area contributed by atoms with Crippen LogP contribution < -0.4 is 33.3 Å². The van der Waals surface area contributed by atoms with Gasteiger partial charge in [0.05, 0.1) is 46.8 Å². The number of halogens is 1. The van der Waals surface area contributed by atoms with Crippen LogP contribution in [0.3, 0.4) is 0 Å². The molecule has 0 aliphatic carbocycles. The zero-order valence-corrected chi connectivity index (χ0v) is 23.0.